The van der Waals surface area contributed by atoms with E-state index < -0.39 is 5.97 Å². The zero-order valence-electron chi connectivity index (χ0n) is 12.1. The molecule has 2 N–H and O–H groups in total. The molecule has 0 amide bonds. The Morgan fingerprint density at radius 2 is 1.76 bits per heavy atom. The van der Waals surface area contributed by atoms with Crippen molar-refractivity contribution in [3.8, 4) is 0 Å². The molecule has 1 aromatic carbocycles. The van der Waals surface area contributed by atoms with Gasteiger partial charge >= 0.3 is 5.97 Å². The van der Waals surface area contributed by atoms with Crippen LogP contribution in [0.2, 0.25) is 0 Å². The summed E-state index contributed by atoms with van der Waals surface area (Å²) in [6, 6.07) is 6.70. The third kappa shape index (κ3) is 3.75. The fourth-order valence-electron chi connectivity index (χ4n) is 1.96. The number of benzene rings is 1. The van der Waals surface area contributed by atoms with Crippen molar-refractivity contribution < 1.29 is 9.90 Å². The van der Waals surface area contributed by atoms with Gasteiger partial charge in [-0.15, -0.1) is 5.10 Å². The molecule has 0 saturated heterocycles. The molecule has 0 aliphatic rings. The summed E-state index contributed by atoms with van der Waals surface area (Å²) in [5, 5.41) is 20.2. The van der Waals surface area contributed by atoms with Gasteiger partial charge in [-0.1, -0.05) is 26.0 Å². The van der Waals surface area contributed by atoms with Crippen LogP contribution in [0.3, 0.4) is 0 Å². The molecule has 1 aromatic heterocycles. The monoisotopic (exact) mass is 286 g/mol. The van der Waals surface area contributed by atoms with E-state index in [4.69, 9.17) is 5.11 Å². The van der Waals surface area contributed by atoms with Crippen molar-refractivity contribution >= 4 is 11.9 Å². The highest BCUT2D eigenvalue weighted by atomic mass is 16.4. The Kier molecular flexibility index (Phi) is 4.81. The maximum Gasteiger partial charge on any atom is 0.335 e. The summed E-state index contributed by atoms with van der Waals surface area (Å²) in [6.45, 7) is 4.59. The molecule has 0 bridgehead atoms. The van der Waals surface area contributed by atoms with Crippen LogP contribution in [0.4, 0.5) is 5.95 Å². The first-order valence-corrected chi connectivity index (χ1v) is 6.92. The van der Waals surface area contributed by atoms with E-state index in [1.54, 1.807) is 24.3 Å². The number of carboxylic acids is 1. The van der Waals surface area contributed by atoms with Crippen molar-refractivity contribution in [2.75, 3.05) is 5.32 Å². The van der Waals surface area contributed by atoms with Gasteiger partial charge < -0.3 is 10.4 Å². The molecule has 0 fully saturated rings. The predicted molar refractivity (Wildman–Crippen MR) is 79.3 cm³/mol. The Morgan fingerprint density at radius 1 is 1.10 bits per heavy atom. The molecule has 1 heterocycles. The molecule has 6 heteroatoms. The average Bonchev–Trinajstić information content (AvgIpc) is 2.52. The summed E-state index contributed by atoms with van der Waals surface area (Å²) in [5.41, 5.74) is 3.11. The molecular weight excluding hydrogens is 268 g/mol. The molecule has 6 nitrogen and oxygen atoms in total. The van der Waals surface area contributed by atoms with Gasteiger partial charge in [-0.25, -0.2) is 9.78 Å². The molecule has 21 heavy (non-hydrogen) atoms. The fourth-order valence-corrected chi connectivity index (χ4v) is 1.96. The summed E-state index contributed by atoms with van der Waals surface area (Å²) in [4.78, 5) is 15.2. The Hall–Kier alpha value is -2.50. The topological polar surface area (TPSA) is 88.0 Å². The van der Waals surface area contributed by atoms with Crippen LogP contribution in [0, 0.1) is 0 Å². The van der Waals surface area contributed by atoms with Crippen LogP contribution in [-0.4, -0.2) is 26.3 Å². The highest BCUT2D eigenvalue weighted by Gasteiger charge is 2.06. The van der Waals surface area contributed by atoms with Crippen LogP contribution in [0.15, 0.2) is 24.3 Å². The van der Waals surface area contributed by atoms with Crippen molar-refractivity contribution in [2.24, 2.45) is 0 Å². The van der Waals surface area contributed by atoms with Crippen molar-refractivity contribution in [1.29, 1.82) is 0 Å². The maximum absolute atomic E-state index is 10.8. The molecule has 0 aliphatic heterocycles. The van der Waals surface area contributed by atoms with Gasteiger partial charge in [0.25, 0.3) is 0 Å². The third-order valence-corrected chi connectivity index (χ3v) is 3.16. The summed E-state index contributed by atoms with van der Waals surface area (Å²) in [6.07, 6.45) is 1.64. The number of carbonyl (C=O) groups is 1. The summed E-state index contributed by atoms with van der Waals surface area (Å²) in [5.74, 6) is -0.434. The standard InChI is InChI=1S/C15H18N4O2/c1-3-12-13(4-2)18-19-15(17-12)16-9-10-5-7-11(8-6-10)14(20)21/h5-8H,3-4,9H2,1-2H3,(H,20,21)(H,16,17,19). The number of aryl methyl sites for hydroxylation is 2. The highest BCUT2D eigenvalue weighted by Crippen LogP contribution is 2.09. The SMILES string of the molecule is CCc1nnc(NCc2ccc(C(=O)O)cc2)nc1CC. The van der Waals surface area contributed by atoms with E-state index in [-0.39, 0.29) is 5.56 Å². The number of nitrogens with one attached hydrogen (secondary N) is 1. The van der Waals surface area contributed by atoms with Gasteiger partial charge in [0.05, 0.1) is 17.0 Å². The zero-order chi connectivity index (χ0) is 15.2. The molecule has 0 radical (unpaired) electrons. The molecular formula is C15H18N4O2. The molecule has 0 spiro atoms. The second-order valence-electron chi connectivity index (χ2n) is 4.59. The molecule has 0 atom stereocenters. The Bertz CT molecular complexity index is 626. The number of rotatable bonds is 6. The second-order valence-corrected chi connectivity index (χ2v) is 4.59. The van der Waals surface area contributed by atoms with Crippen molar-refractivity contribution in [2.45, 2.75) is 33.2 Å². The van der Waals surface area contributed by atoms with E-state index in [9.17, 15) is 4.79 Å². The fraction of sp³-hybridized carbons (Fsp3) is 0.333. The molecule has 0 saturated carbocycles. The summed E-state index contributed by atoms with van der Waals surface area (Å²) >= 11 is 0. The smallest absolute Gasteiger partial charge is 0.335 e. The van der Waals surface area contributed by atoms with E-state index >= 15 is 0 Å². The number of hydrogen-bond donors (Lipinski definition) is 2. The average molecular weight is 286 g/mol. The van der Waals surface area contributed by atoms with E-state index in [1.165, 1.54) is 0 Å². The minimum absolute atomic E-state index is 0.275. The van der Waals surface area contributed by atoms with E-state index in [0.29, 0.717) is 12.5 Å². The number of aromatic nitrogens is 3. The first kappa shape index (κ1) is 14.9. The molecule has 110 valence electrons. The quantitative estimate of drug-likeness (QED) is 0.847. The highest BCUT2D eigenvalue weighted by molar-refractivity contribution is 5.87. The van der Waals surface area contributed by atoms with Crippen molar-refractivity contribution in [1.82, 2.24) is 15.2 Å². The molecule has 0 aliphatic carbocycles. The van der Waals surface area contributed by atoms with Crippen LogP contribution in [0.1, 0.15) is 41.2 Å². The van der Waals surface area contributed by atoms with Gasteiger partial charge in [0.1, 0.15) is 0 Å². The summed E-state index contributed by atoms with van der Waals surface area (Å²) in [7, 11) is 0. The number of carboxylic acid groups (broad SMARTS) is 1. The first-order valence-electron chi connectivity index (χ1n) is 6.92. The van der Waals surface area contributed by atoms with Crippen molar-refractivity contribution in [3.63, 3.8) is 0 Å². The minimum Gasteiger partial charge on any atom is -0.478 e. The van der Waals surface area contributed by atoms with Gasteiger partial charge in [0.2, 0.25) is 5.95 Å². The second kappa shape index (κ2) is 6.78. The Morgan fingerprint density at radius 3 is 2.33 bits per heavy atom. The lowest BCUT2D eigenvalue weighted by Crippen LogP contribution is -2.09. The zero-order valence-corrected chi connectivity index (χ0v) is 12.1. The van der Waals surface area contributed by atoms with Crippen LogP contribution < -0.4 is 5.32 Å². The Balaban J connectivity index is 2.04. The largest absolute Gasteiger partial charge is 0.478 e. The normalized spacial score (nSPS) is 10.4. The summed E-state index contributed by atoms with van der Waals surface area (Å²) < 4.78 is 0. The van der Waals surface area contributed by atoms with Gasteiger partial charge in [-0.3, -0.25) is 0 Å². The van der Waals surface area contributed by atoms with Gasteiger partial charge in [-0.2, -0.15) is 5.10 Å². The van der Waals surface area contributed by atoms with Gasteiger partial charge in [0, 0.05) is 6.54 Å². The Labute approximate surface area is 123 Å². The number of aromatic carboxylic acids is 1. The lowest BCUT2D eigenvalue weighted by molar-refractivity contribution is 0.0697. The molecule has 0 unspecified atom stereocenters. The lowest BCUT2D eigenvalue weighted by atomic mass is 10.1. The van der Waals surface area contributed by atoms with Gasteiger partial charge in [-0.05, 0) is 30.5 Å². The maximum atomic E-state index is 10.8. The first-order chi connectivity index (χ1) is 10.1. The molecule has 2 aromatic rings. The number of hydrogen-bond acceptors (Lipinski definition) is 5. The van der Waals surface area contributed by atoms with Crippen LogP contribution in [0.5, 0.6) is 0 Å². The minimum atomic E-state index is -0.926. The van der Waals surface area contributed by atoms with Crippen molar-refractivity contribution in [3.05, 3.63) is 46.8 Å². The van der Waals surface area contributed by atoms with E-state index in [1.807, 2.05) is 13.8 Å². The van der Waals surface area contributed by atoms with Crippen LogP contribution in [0.25, 0.3) is 0 Å². The van der Waals surface area contributed by atoms with Crippen LogP contribution >= 0.6 is 0 Å². The lowest BCUT2D eigenvalue weighted by Gasteiger charge is -2.08. The molecule has 2 rings (SSSR count). The predicted octanol–water partition coefficient (Wildman–Crippen LogP) is 2.31. The van der Waals surface area contributed by atoms with Gasteiger partial charge in [0.15, 0.2) is 0 Å². The number of nitrogens with zero attached hydrogens (tertiary/aromatic N) is 3. The van der Waals surface area contributed by atoms with E-state index in [2.05, 4.69) is 20.5 Å². The number of anilines is 1. The third-order valence-electron chi connectivity index (χ3n) is 3.16. The van der Waals surface area contributed by atoms with Crippen LogP contribution in [-0.2, 0) is 19.4 Å². The van der Waals surface area contributed by atoms with E-state index in [0.717, 1.165) is 29.8 Å².